The zero-order chi connectivity index (χ0) is 39.1. The van der Waals surface area contributed by atoms with Crippen LogP contribution >= 0.6 is 0 Å². The third-order valence-electron chi connectivity index (χ3n) is 8.93. The van der Waals surface area contributed by atoms with Gasteiger partial charge in [-0.1, -0.05) is 136 Å². The predicted molar refractivity (Wildman–Crippen MR) is 215 cm³/mol. The van der Waals surface area contributed by atoms with Crippen LogP contribution in [0, 0.1) is 0 Å². The fourth-order valence-corrected chi connectivity index (χ4v) is 5.69. The van der Waals surface area contributed by atoms with Crippen molar-refractivity contribution in [2.75, 3.05) is 106 Å². The number of unbranched alkanes of at least 4 members (excludes halogenated alkanes) is 19. The van der Waals surface area contributed by atoms with E-state index in [2.05, 4.69) is 13.8 Å². The number of carbonyl (C=O) groups excluding carboxylic acids is 2. The summed E-state index contributed by atoms with van der Waals surface area (Å²) < 4.78 is 48.8. The molecule has 0 aliphatic rings. The van der Waals surface area contributed by atoms with Crippen LogP contribution in [0.1, 0.15) is 162 Å². The second-order valence-corrected chi connectivity index (χ2v) is 13.9. The van der Waals surface area contributed by atoms with Gasteiger partial charge in [0.15, 0.2) is 0 Å². The Hall–Kier alpha value is -1.34. The van der Waals surface area contributed by atoms with Gasteiger partial charge in [-0.15, -0.1) is 0 Å². The van der Waals surface area contributed by atoms with E-state index in [1.165, 1.54) is 109 Å². The lowest BCUT2D eigenvalue weighted by atomic mass is 10.0. The highest BCUT2D eigenvalue weighted by molar-refractivity contribution is 5.69. The van der Waals surface area contributed by atoms with Gasteiger partial charge in [0.2, 0.25) is 0 Å². The second kappa shape index (κ2) is 47.8. The molecule has 0 saturated carbocycles. The number of ether oxygens (including phenoxy) is 9. The molecule has 0 aromatic heterocycles. The topological polar surface area (TPSA) is 117 Å². The molecule has 11 nitrogen and oxygen atoms in total. The Morgan fingerprint density at radius 2 is 0.444 bits per heavy atom. The van der Waals surface area contributed by atoms with Crippen LogP contribution in [0.15, 0.2) is 0 Å². The molecule has 0 aromatic carbocycles. The summed E-state index contributed by atoms with van der Waals surface area (Å²) in [5.41, 5.74) is 0. The summed E-state index contributed by atoms with van der Waals surface area (Å²) >= 11 is 0. The molecule has 0 rings (SSSR count). The molecule has 0 aliphatic carbocycles. The first-order chi connectivity index (χ1) is 26.7. The molecule has 0 amide bonds. The summed E-state index contributed by atoms with van der Waals surface area (Å²) in [7, 11) is 0. The quantitative estimate of drug-likeness (QED) is 0.0435. The molecule has 322 valence electrons. The summed E-state index contributed by atoms with van der Waals surface area (Å²) in [6, 6.07) is 0. The van der Waals surface area contributed by atoms with Crippen molar-refractivity contribution in [1.82, 2.24) is 0 Å². The minimum absolute atomic E-state index is 0.131. The maximum Gasteiger partial charge on any atom is 0.305 e. The first-order valence-corrected chi connectivity index (χ1v) is 22.1. The van der Waals surface area contributed by atoms with Crippen molar-refractivity contribution < 1.29 is 52.2 Å². The summed E-state index contributed by atoms with van der Waals surface area (Å²) in [6.07, 6.45) is 27.6. The number of esters is 2. The van der Waals surface area contributed by atoms with Gasteiger partial charge >= 0.3 is 11.9 Å². The van der Waals surface area contributed by atoms with E-state index < -0.39 is 0 Å². The normalized spacial score (nSPS) is 11.4. The van der Waals surface area contributed by atoms with E-state index in [-0.39, 0.29) is 25.2 Å². The van der Waals surface area contributed by atoms with Crippen molar-refractivity contribution >= 4 is 11.9 Å². The van der Waals surface area contributed by atoms with Crippen molar-refractivity contribution in [3.63, 3.8) is 0 Å². The van der Waals surface area contributed by atoms with Gasteiger partial charge in [-0.25, -0.2) is 0 Å². The van der Waals surface area contributed by atoms with Crippen LogP contribution in [0.4, 0.5) is 0 Å². The molecule has 0 bridgehead atoms. The third-order valence-corrected chi connectivity index (χ3v) is 8.93. The van der Waals surface area contributed by atoms with E-state index in [1.54, 1.807) is 0 Å². The van der Waals surface area contributed by atoms with Crippen LogP contribution in [0.25, 0.3) is 0 Å². The number of carbonyl (C=O) groups is 2. The maximum absolute atomic E-state index is 11.9. The van der Waals surface area contributed by atoms with Crippen molar-refractivity contribution in [2.45, 2.75) is 162 Å². The third kappa shape index (κ3) is 46.8. The number of rotatable bonds is 47. The molecule has 0 unspecified atom stereocenters. The van der Waals surface area contributed by atoms with Crippen molar-refractivity contribution in [2.24, 2.45) is 0 Å². The first-order valence-electron chi connectivity index (χ1n) is 22.1. The van der Waals surface area contributed by atoms with Crippen LogP contribution in [0.5, 0.6) is 0 Å². The molecule has 0 aliphatic heterocycles. The summed E-state index contributed by atoms with van der Waals surface area (Å²) in [4.78, 5) is 23.6. The minimum atomic E-state index is -0.143. The van der Waals surface area contributed by atoms with Crippen LogP contribution in [0.2, 0.25) is 0 Å². The highest BCUT2D eigenvalue weighted by Gasteiger charge is 2.04. The lowest BCUT2D eigenvalue weighted by molar-refractivity contribution is -0.146. The Morgan fingerprint density at radius 1 is 0.259 bits per heavy atom. The Labute approximate surface area is 330 Å². The Balaban J connectivity index is 3.17. The molecule has 0 N–H and O–H groups in total. The summed E-state index contributed by atoms with van der Waals surface area (Å²) in [5, 5.41) is 0. The maximum atomic E-state index is 11.9. The largest absolute Gasteiger partial charge is 0.463 e. The molecule has 0 aromatic rings. The molecule has 0 fully saturated rings. The average Bonchev–Trinajstić information content (AvgIpc) is 3.17. The lowest BCUT2D eigenvalue weighted by Crippen LogP contribution is -2.15. The molecule has 54 heavy (non-hydrogen) atoms. The zero-order valence-electron chi connectivity index (χ0n) is 35.1. The van der Waals surface area contributed by atoms with Crippen LogP contribution < -0.4 is 0 Å². The van der Waals surface area contributed by atoms with Gasteiger partial charge in [0.25, 0.3) is 0 Å². The first kappa shape index (κ1) is 52.7. The van der Waals surface area contributed by atoms with Crippen molar-refractivity contribution in [1.29, 1.82) is 0 Å². The van der Waals surface area contributed by atoms with E-state index in [9.17, 15) is 9.59 Å². The van der Waals surface area contributed by atoms with Gasteiger partial charge in [0, 0.05) is 12.8 Å². The lowest BCUT2D eigenvalue weighted by Gasteiger charge is -2.09. The summed E-state index contributed by atoms with van der Waals surface area (Å²) in [6.45, 7) is 11.6. The zero-order valence-corrected chi connectivity index (χ0v) is 35.1. The van der Waals surface area contributed by atoms with Gasteiger partial charge in [-0.2, -0.15) is 0 Å². The van der Waals surface area contributed by atoms with Crippen LogP contribution in [-0.2, 0) is 52.2 Å². The fourth-order valence-electron chi connectivity index (χ4n) is 5.69. The molecular weight excluding hydrogens is 692 g/mol. The molecular formula is C43H84O11. The molecule has 0 radical (unpaired) electrons. The summed E-state index contributed by atoms with van der Waals surface area (Å²) in [5.74, 6) is -0.274. The van der Waals surface area contributed by atoms with Crippen LogP contribution in [0.3, 0.4) is 0 Å². The minimum Gasteiger partial charge on any atom is -0.463 e. The van der Waals surface area contributed by atoms with Crippen molar-refractivity contribution in [3.05, 3.63) is 0 Å². The molecule has 0 spiro atoms. The van der Waals surface area contributed by atoms with Gasteiger partial charge in [0.05, 0.1) is 92.5 Å². The molecule has 0 saturated heterocycles. The number of hydrogen-bond acceptors (Lipinski definition) is 11. The predicted octanol–water partition coefficient (Wildman–Crippen LogP) is 9.20. The van der Waals surface area contributed by atoms with Gasteiger partial charge in [-0.05, 0) is 12.8 Å². The van der Waals surface area contributed by atoms with Crippen LogP contribution in [-0.4, -0.2) is 118 Å². The Morgan fingerprint density at radius 3 is 0.667 bits per heavy atom. The van der Waals surface area contributed by atoms with Gasteiger partial charge in [-0.3, -0.25) is 9.59 Å². The fraction of sp³-hybridized carbons (Fsp3) is 0.953. The average molecular weight is 777 g/mol. The molecule has 0 atom stereocenters. The van der Waals surface area contributed by atoms with E-state index in [4.69, 9.17) is 42.6 Å². The van der Waals surface area contributed by atoms with Gasteiger partial charge in [0.1, 0.15) is 13.2 Å². The van der Waals surface area contributed by atoms with Gasteiger partial charge < -0.3 is 42.6 Å². The second-order valence-electron chi connectivity index (χ2n) is 13.9. The Bertz CT molecular complexity index is 740. The van der Waals surface area contributed by atoms with E-state index in [1.807, 2.05) is 0 Å². The highest BCUT2D eigenvalue weighted by Crippen LogP contribution is 2.14. The SMILES string of the molecule is CCCCCCCCCCCCCCCCCC(=O)OCCOCCOCCOCCOCCOCCOCCOCCOC(=O)CCCCCCCC. The van der Waals surface area contributed by atoms with E-state index in [0.717, 1.165) is 25.7 Å². The Kier molecular flexibility index (Phi) is 46.6. The highest BCUT2D eigenvalue weighted by atomic mass is 16.6. The molecule has 11 heteroatoms. The van der Waals surface area contributed by atoms with Crippen molar-refractivity contribution in [3.8, 4) is 0 Å². The van der Waals surface area contributed by atoms with E-state index >= 15 is 0 Å². The standard InChI is InChI=1S/C43H84O11/c1-3-5-7-9-11-12-13-14-15-16-17-18-19-21-23-25-43(45)54-41-39-52-37-35-50-33-31-48-29-27-46-26-28-47-30-32-49-34-36-51-38-40-53-42(44)24-22-20-10-8-6-4-2/h3-41H2,1-2H3. The number of hydrogen-bond donors (Lipinski definition) is 0. The van der Waals surface area contributed by atoms with E-state index in [0.29, 0.717) is 105 Å². The monoisotopic (exact) mass is 777 g/mol. The molecule has 0 heterocycles. The smallest absolute Gasteiger partial charge is 0.305 e.